The Morgan fingerprint density at radius 2 is 2.23 bits per heavy atom. The topological polar surface area (TPSA) is 45.9 Å². The minimum absolute atomic E-state index is 0.0151. The van der Waals surface area contributed by atoms with Crippen LogP contribution in [0.1, 0.15) is 29.0 Å². The van der Waals surface area contributed by atoms with Gasteiger partial charge in [0.15, 0.2) is 5.76 Å². The van der Waals surface area contributed by atoms with E-state index in [4.69, 9.17) is 9.15 Å². The molecule has 0 bridgehead atoms. The molecule has 2 aliphatic rings. The summed E-state index contributed by atoms with van der Waals surface area (Å²) in [5.41, 5.74) is 1.65. The molecule has 2 aromatic rings. The van der Waals surface area contributed by atoms with E-state index in [-0.39, 0.29) is 11.3 Å². The first-order chi connectivity index (χ1) is 12.7. The van der Waals surface area contributed by atoms with Crippen LogP contribution in [0.3, 0.4) is 0 Å². The van der Waals surface area contributed by atoms with Crippen LogP contribution in [0.5, 0.6) is 0 Å². The number of likely N-dealkylation sites (tertiary alicyclic amines) is 2. The molecule has 0 aliphatic carbocycles. The lowest BCUT2D eigenvalue weighted by molar-refractivity contribution is 0.0306. The second-order valence-electron chi connectivity index (χ2n) is 7.59. The highest BCUT2D eigenvalue weighted by atomic mass is 32.1. The number of methoxy groups -OCH3 is 1. The molecule has 1 unspecified atom stereocenters. The maximum Gasteiger partial charge on any atom is 0.289 e. The average molecular weight is 375 g/mol. The molecular weight excluding hydrogens is 348 g/mol. The average Bonchev–Trinajstić information content (AvgIpc) is 3.39. The minimum atomic E-state index is 0.0151. The van der Waals surface area contributed by atoms with E-state index in [2.05, 4.69) is 21.7 Å². The van der Waals surface area contributed by atoms with Gasteiger partial charge in [0.2, 0.25) is 0 Å². The van der Waals surface area contributed by atoms with Crippen LogP contribution in [0.4, 0.5) is 0 Å². The Hall–Kier alpha value is -1.63. The molecule has 2 fully saturated rings. The van der Waals surface area contributed by atoms with Crippen LogP contribution in [-0.2, 0) is 11.3 Å². The summed E-state index contributed by atoms with van der Waals surface area (Å²) in [7, 11) is 1.80. The molecule has 1 amide bonds. The third-order valence-electron chi connectivity index (χ3n) is 6.02. The molecule has 4 heterocycles. The Labute approximate surface area is 158 Å². The minimum Gasteiger partial charge on any atom is -0.459 e. The molecule has 26 heavy (non-hydrogen) atoms. The number of amides is 1. The molecule has 0 aromatic carbocycles. The quantitative estimate of drug-likeness (QED) is 0.805. The Bertz CT molecular complexity index is 706. The number of ether oxygens (including phenoxy) is 1. The van der Waals surface area contributed by atoms with Gasteiger partial charge in [0.05, 0.1) is 12.9 Å². The zero-order valence-electron chi connectivity index (χ0n) is 15.2. The maximum atomic E-state index is 12.5. The summed E-state index contributed by atoms with van der Waals surface area (Å²) in [4.78, 5) is 17.1. The molecule has 1 atom stereocenters. The third kappa shape index (κ3) is 3.46. The molecule has 2 aromatic heterocycles. The number of carbonyl (C=O) groups excluding carboxylic acids is 1. The molecule has 0 radical (unpaired) electrons. The van der Waals surface area contributed by atoms with E-state index < -0.39 is 0 Å². The first kappa shape index (κ1) is 17.8. The van der Waals surface area contributed by atoms with Gasteiger partial charge in [-0.05, 0) is 52.8 Å². The Kier molecular flexibility index (Phi) is 5.16. The number of hydrogen-bond acceptors (Lipinski definition) is 5. The highest BCUT2D eigenvalue weighted by Gasteiger charge is 2.48. The number of furan rings is 1. The molecule has 140 valence electrons. The molecule has 1 spiro atoms. The number of thiophene rings is 1. The lowest BCUT2D eigenvalue weighted by Gasteiger charge is -2.42. The summed E-state index contributed by atoms with van der Waals surface area (Å²) < 4.78 is 10.8. The Morgan fingerprint density at radius 3 is 2.88 bits per heavy atom. The van der Waals surface area contributed by atoms with Crippen molar-refractivity contribution < 1.29 is 13.9 Å². The summed E-state index contributed by atoms with van der Waals surface area (Å²) in [5.74, 6) is 0.994. The van der Waals surface area contributed by atoms with E-state index in [0.717, 1.165) is 52.2 Å². The van der Waals surface area contributed by atoms with E-state index in [9.17, 15) is 4.79 Å². The van der Waals surface area contributed by atoms with E-state index in [0.29, 0.717) is 11.7 Å². The summed E-state index contributed by atoms with van der Waals surface area (Å²) in [6.45, 7) is 5.58. The van der Waals surface area contributed by atoms with Crippen LogP contribution in [0.25, 0.3) is 0 Å². The lowest BCUT2D eigenvalue weighted by atomic mass is 9.71. The second kappa shape index (κ2) is 7.55. The van der Waals surface area contributed by atoms with E-state index in [1.54, 1.807) is 36.8 Å². The molecule has 0 saturated carbocycles. The summed E-state index contributed by atoms with van der Waals surface area (Å²) in [6, 6.07) is 5.73. The van der Waals surface area contributed by atoms with Crippen LogP contribution < -0.4 is 0 Å². The van der Waals surface area contributed by atoms with Gasteiger partial charge in [-0.15, -0.1) is 0 Å². The van der Waals surface area contributed by atoms with Crippen molar-refractivity contribution in [3.8, 4) is 0 Å². The van der Waals surface area contributed by atoms with Gasteiger partial charge in [-0.3, -0.25) is 9.69 Å². The second-order valence-corrected chi connectivity index (χ2v) is 8.37. The van der Waals surface area contributed by atoms with Gasteiger partial charge in [-0.2, -0.15) is 11.3 Å². The fourth-order valence-corrected chi connectivity index (χ4v) is 5.27. The zero-order chi connectivity index (χ0) is 18.0. The molecule has 2 aliphatic heterocycles. The van der Waals surface area contributed by atoms with E-state index in [1.165, 1.54) is 5.56 Å². The van der Waals surface area contributed by atoms with Gasteiger partial charge in [-0.1, -0.05) is 0 Å². The maximum absolute atomic E-state index is 12.5. The van der Waals surface area contributed by atoms with Gasteiger partial charge in [0.1, 0.15) is 0 Å². The van der Waals surface area contributed by atoms with Crippen molar-refractivity contribution in [1.29, 1.82) is 0 Å². The predicted molar refractivity (Wildman–Crippen MR) is 101 cm³/mol. The Morgan fingerprint density at radius 1 is 1.38 bits per heavy atom. The summed E-state index contributed by atoms with van der Waals surface area (Å²) in [5, 5.41) is 4.38. The van der Waals surface area contributed by atoms with Gasteiger partial charge in [0, 0.05) is 45.8 Å². The van der Waals surface area contributed by atoms with Crippen molar-refractivity contribution in [2.45, 2.75) is 19.4 Å². The van der Waals surface area contributed by atoms with Crippen molar-refractivity contribution in [1.82, 2.24) is 9.80 Å². The summed E-state index contributed by atoms with van der Waals surface area (Å²) >= 11 is 1.76. The zero-order valence-corrected chi connectivity index (χ0v) is 16.0. The number of piperidine rings is 1. The third-order valence-corrected chi connectivity index (χ3v) is 6.75. The first-order valence-corrected chi connectivity index (χ1v) is 10.2. The van der Waals surface area contributed by atoms with Crippen LogP contribution in [-0.4, -0.2) is 55.6 Å². The largest absolute Gasteiger partial charge is 0.459 e. The first-order valence-electron chi connectivity index (χ1n) is 9.25. The van der Waals surface area contributed by atoms with Crippen LogP contribution in [0.2, 0.25) is 0 Å². The van der Waals surface area contributed by atoms with E-state index in [1.807, 2.05) is 4.90 Å². The number of rotatable bonds is 5. The normalized spacial score (nSPS) is 23.0. The highest BCUT2D eigenvalue weighted by Crippen LogP contribution is 2.45. The van der Waals surface area contributed by atoms with Crippen molar-refractivity contribution in [2.24, 2.45) is 11.3 Å². The smallest absolute Gasteiger partial charge is 0.289 e. The van der Waals surface area contributed by atoms with Crippen LogP contribution >= 0.6 is 11.3 Å². The molecule has 6 heteroatoms. The van der Waals surface area contributed by atoms with Crippen molar-refractivity contribution in [3.05, 3.63) is 46.5 Å². The van der Waals surface area contributed by atoms with Crippen molar-refractivity contribution in [3.63, 3.8) is 0 Å². The van der Waals surface area contributed by atoms with Crippen LogP contribution in [0, 0.1) is 11.3 Å². The Balaban J connectivity index is 1.42. The standard InChI is InChI=1S/C20H26N2O3S/c1-24-13-17-12-21(11-16-4-10-26-14-16)15-20(17)5-7-22(8-6-20)19(23)18-3-2-9-25-18/h2-4,9-10,14,17H,5-8,11-13,15H2,1H3. The molecule has 4 rings (SSSR count). The predicted octanol–water partition coefficient (Wildman–Crippen LogP) is 3.34. The SMILES string of the molecule is COCC1CN(Cc2ccsc2)CC12CCN(C(=O)c1ccco1)CC2. The van der Waals surface area contributed by atoms with E-state index >= 15 is 0 Å². The molecular formula is C20H26N2O3S. The van der Waals surface area contributed by atoms with Gasteiger partial charge >= 0.3 is 0 Å². The van der Waals surface area contributed by atoms with Crippen LogP contribution in [0.15, 0.2) is 39.6 Å². The van der Waals surface area contributed by atoms with Crippen molar-refractivity contribution >= 4 is 17.2 Å². The van der Waals surface area contributed by atoms with Gasteiger partial charge < -0.3 is 14.1 Å². The highest BCUT2D eigenvalue weighted by molar-refractivity contribution is 7.07. The number of hydrogen-bond donors (Lipinski definition) is 0. The molecule has 0 N–H and O–H groups in total. The lowest BCUT2D eigenvalue weighted by Crippen LogP contribution is -2.47. The molecule has 2 saturated heterocycles. The fraction of sp³-hybridized carbons (Fsp3) is 0.550. The van der Waals surface area contributed by atoms with Gasteiger partial charge in [0.25, 0.3) is 5.91 Å². The monoisotopic (exact) mass is 374 g/mol. The number of carbonyl (C=O) groups is 1. The molecule has 5 nitrogen and oxygen atoms in total. The summed E-state index contributed by atoms with van der Waals surface area (Å²) in [6.07, 6.45) is 3.63. The van der Waals surface area contributed by atoms with Crippen molar-refractivity contribution in [2.75, 3.05) is 39.9 Å². The fourth-order valence-electron chi connectivity index (χ4n) is 4.61. The number of nitrogens with zero attached hydrogens (tertiary/aromatic N) is 2. The van der Waals surface area contributed by atoms with Gasteiger partial charge in [-0.25, -0.2) is 0 Å².